The standard InChI is InChI=1S/C10H12N2O4/c1-16-10(3-2-4-10)9-11-5-6(8(14)15)7(13)12-9/h5H,2-4H2,1H3,(H,14,15)(H,11,12,13). The minimum absolute atomic E-state index is 0.352. The van der Waals surface area contributed by atoms with Crippen molar-refractivity contribution < 1.29 is 14.6 Å². The molecule has 6 nitrogen and oxygen atoms in total. The summed E-state index contributed by atoms with van der Waals surface area (Å²) in [7, 11) is 1.56. The minimum Gasteiger partial charge on any atom is -0.477 e. The molecule has 0 amide bonds. The van der Waals surface area contributed by atoms with E-state index in [0.717, 1.165) is 25.5 Å². The minimum atomic E-state index is -1.28. The summed E-state index contributed by atoms with van der Waals surface area (Å²) >= 11 is 0. The van der Waals surface area contributed by atoms with Gasteiger partial charge in [0.2, 0.25) is 0 Å². The van der Waals surface area contributed by atoms with Gasteiger partial charge in [0.1, 0.15) is 17.0 Å². The van der Waals surface area contributed by atoms with E-state index in [4.69, 9.17) is 9.84 Å². The first-order valence-corrected chi connectivity index (χ1v) is 4.97. The number of aromatic amines is 1. The largest absolute Gasteiger partial charge is 0.477 e. The number of nitrogens with zero attached hydrogens (tertiary/aromatic N) is 1. The third-order valence-corrected chi connectivity index (χ3v) is 3.01. The Kier molecular flexibility index (Phi) is 2.51. The molecule has 1 fully saturated rings. The number of aromatic carboxylic acids is 1. The van der Waals surface area contributed by atoms with E-state index in [-0.39, 0.29) is 5.56 Å². The van der Waals surface area contributed by atoms with Crippen molar-refractivity contribution in [1.29, 1.82) is 0 Å². The van der Waals surface area contributed by atoms with Gasteiger partial charge in [-0.15, -0.1) is 0 Å². The van der Waals surface area contributed by atoms with Crippen LogP contribution < -0.4 is 5.56 Å². The van der Waals surface area contributed by atoms with Gasteiger partial charge in [-0.05, 0) is 19.3 Å². The van der Waals surface area contributed by atoms with Crippen molar-refractivity contribution in [3.63, 3.8) is 0 Å². The van der Waals surface area contributed by atoms with Crippen LogP contribution in [0.15, 0.2) is 11.0 Å². The van der Waals surface area contributed by atoms with E-state index in [1.165, 1.54) is 0 Å². The molecule has 86 valence electrons. The second kappa shape index (κ2) is 3.71. The van der Waals surface area contributed by atoms with Gasteiger partial charge in [-0.2, -0.15) is 0 Å². The molecule has 16 heavy (non-hydrogen) atoms. The molecule has 0 aromatic carbocycles. The van der Waals surface area contributed by atoms with Gasteiger partial charge in [0.25, 0.3) is 5.56 Å². The van der Waals surface area contributed by atoms with Gasteiger partial charge in [0.05, 0.1) is 0 Å². The number of carboxylic acid groups (broad SMARTS) is 1. The normalized spacial score (nSPS) is 17.8. The number of carboxylic acids is 1. The fourth-order valence-corrected chi connectivity index (χ4v) is 1.81. The number of aromatic nitrogens is 2. The lowest BCUT2D eigenvalue weighted by Crippen LogP contribution is -2.40. The summed E-state index contributed by atoms with van der Waals surface area (Å²) in [6.07, 6.45) is 3.67. The van der Waals surface area contributed by atoms with Gasteiger partial charge in [0, 0.05) is 13.3 Å². The predicted molar refractivity (Wildman–Crippen MR) is 54.4 cm³/mol. The van der Waals surface area contributed by atoms with Crippen LogP contribution in [0.25, 0.3) is 0 Å². The Labute approximate surface area is 91.3 Å². The molecule has 1 aromatic heterocycles. The SMILES string of the molecule is COC1(c2ncc(C(=O)O)c(=O)[nH]2)CCC1. The summed E-state index contributed by atoms with van der Waals surface area (Å²) in [6.45, 7) is 0. The molecule has 0 aliphatic heterocycles. The molecule has 0 atom stereocenters. The Morgan fingerprint density at radius 3 is 2.69 bits per heavy atom. The van der Waals surface area contributed by atoms with Gasteiger partial charge in [-0.25, -0.2) is 9.78 Å². The number of nitrogens with one attached hydrogen (secondary N) is 1. The van der Waals surface area contributed by atoms with Crippen molar-refractivity contribution in [1.82, 2.24) is 9.97 Å². The van der Waals surface area contributed by atoms with Crippen molar-refractivity contribution in [2.45, 2.75) is 24.9 Å². The molecule has 2 rings (SSSR count). The first-order chi connectivity index (χ1) is 7.59. The van der Waals surface area contributed by atoms with Crippen LogP contribution in [0.5, 0.6) is 0 Å². The highest BCUT2D eigenvalue weighted by Gasteiger charge is 2.41. The van der Waals surface area contributed by atoms with Crippen LogP contribution in [-0.4, -0.2) is 28.2 Å². The zero-order chi connectivity index (χ0) is 11.8. The van der Waals surface area contributed by atoms with E-state index in [0.29, 0.717) is 5.82 Å². The maximum Gasteiger partial charge on any atom is 0.342 e. The van der Waals surface area contributed by atoms with Crippen molar-refractivity contribution in [3.8, 4) is 0 Å². The van der Waals surface area contributed by atoms with E-state index in [2.05, 4.69) is 9.97 Å². The quantitative estimate of drug-likeness (QED) is 0.779. The molecular formula is C10H12N2O4. The number of hydrogen-bond donors (Lipinski definition) is 2. The maximum absolute atomic E-state index is 11.5. The van der Waals surface area contributed by atoms with Gasteiger partial charge in [-0.1, -0.05) is 0 Å². The number of rotatable bonds is 3. The van der Waals surface area contributed by atoms with Gasteiger partial charge >= 0.3 is 5.97 Å². The summed E-state index contributed by atoms with van der Waals surface area (Å²) in [5.41, 5.74) is -1.52. The third-order valence-electron chi connectivity index (χ3n) is 3.01. The molecule has 0 saturated heterocycles. The molecule has 0 bridgehead atoms. The number of methoxy groups -OCH3 is 1. The Morgan fingerprint density at radius 1 is 1.62 bits per heavy atom. The Bertz CT molecular complexity index is 470. The molecule has 1 aromatic rings. The summed E-state index contributed by atoms with van der Waals surface area (Å²) in [5.74, 6) is -0.864. The molecule has 1 aliphatic carbocycles. The molecule has 0 radical (unpaired) electrons. The third kappa shape index (κ3) is 1.51. The highest BCUT2D eigenvalue weighted by molar-refractivity contribution is 5.86. The van der Waals surface area contributed by atoms with Crippen LogP contribution >= 0.6 is 0 Å². The van der Waals surface area contributed by atoms with Crippen molar-refractivity contribution >= 4 is 5.97 Å². The zero-order valence-corrected chi connectivity index (χ0v) is 8.82. The monoisotopic (exact) mass is 224 g/mol. The molecule has 0 spiro atoms. The van der Waals surface area contributed by atoms with E-state index >= 15 is 0 Å². The topological polar surface area (TPSA) is 92.3 Å². The second-order valence-corrected chi connectivity index (χ2v) is 3.83. The summed E-state index contributed by atoms with van der Waals surface area (Å²) in [5, 5.41) is 8.70. The first-order valence-electron chi connectivity index (χ1n) is 4.97. The van der Waals surface area contributed by atoms with E-state index in [1.54, 1.807) is 7.11 Å². The fraction of sp³-hybridized carbons (Fsp3) is 0.500. The van der Waals surface area contributed by atoms with Crippen molar-refractivity contribution in [2.24, 2.45) is 0 Å². The van der Waals surface area contributed by atoms with Gasteiger partial charge in [0.15, 0.2) is 0 Å². The van der Waals surface area contributed by atoms with Crippen molar-refractivity contribution in [2.75, 3.05) is 7.11 Å². The summed E-state index contributed by atoms with van der Waals surface area (Å²) in [4.78, 5) is 28.5. The molecule has 1 aliphatic rings. The maximum atomic E-state index is 11.5. The summed E-state index contributed by atoms with van der Waals surface area (Å²) < 4.78 is 5.34. The number of carbonyl (C=O) groups is 1. The Morgan fingerprint density at radius 2 is 2.31 bits per heavy atom. The van der Waals surface area contributed by atoms with Crippen LogP contribution in [0.2, 0.25) is 0 Å². The lowest BCUT2D eigenvalue weighted by atomic mass is 9.79. The number of hydrogen-bond acceptors (Lipinski definition) is 4. The fourth-order valence-electron chi connectivity index (χ4n) is 1.81. The van der Waals surface area contributed by atoms with Crippen LogP contribution in [0, 0.1) is 0 Å². The van der Waals surface area contributed by atoms with Crippen LogP contribution in [0.3, 0.4) is 0 Å². The highest BCUT2D eigenvalue weighted by atomic mass is 16.5. The molecule has 2 N–H and O–H groups in total. The Balaban J connectivity index is 2.42. The second-order valence-electron chi connectivity index (χ2n) is 3.83. The van der Waals surface area contributed by atoms with E-state index in [9.17, 15) is 9.59 Å². The predicted octanol–water partition coefficient (Wildman–Crippen LogP) is 0.494. The molecule has 1 heterocycles. The smallest absolute Gasteiger partial charge is 0.342 e. The molecule has 6 heteroatoms. The van der Waals surface area contributed by atoms with Gasteiger partial charge < -0.3 is 14.8 Å². The molecule has 1 saturated carbocycles. The van der Waals surface area contributed by atoms with Crippen LogP contribution in [0.4, 0.5) is 0 Å². The lowest BCUT2D eigenvalue weighted by Gasteiger charge is -2.39. The molecule has 0 unspecified atom stereocenters. The lowest BCUT2D eigenvalue weighted by molar-refractivity contribution is -0.0848. The zero-order valence-electron chi connectivity index (χ0n) is 8.82. The van der Waals surface area contributed by atoms with E-state index in [1.807, 2.05) is 0 Å². The van der Waals surface area contributed by atoms with E-state index < -0.39 is 17.1 Å². The molecular weight excluding hydrogens is 212 g/mol. The average Bonchev–Trinajstić information content (AvgIpc) is 2.16. The number of H-pyrrole nitrogens is 1. The Hall–Kier alpha value is -1.69. The highest BCUT2D eigenvalue weighted by Crippen LogP contribution is 2.42. The van der Waals surface area contributed by atoms with Gasteiger partial charge in [-0.3, -0.25) is 4.79 Å². The first kappa shape index (κ1) is 10.8. The van der Waals surface area contributed by atoms with Crippen LogP contribution in [0.1, 0.15) is 35.4 Å². The summed E-state index contributed by atoms with van der Waals surface area (Å²) in [6, 6.07) is 0. The number of ether oxygens (including phenoxy) is 1. The van der Waals surface area contributed by atoms with Crippen molar-refractivity contribution in [3.05, 3.63) is 27.9 Å². The van der Waals surface area contributed by atoms with Crippen LogP contribution in [-0.2, 0) is 10.3 Å². The average molecular weight is 224 g/mol.